The number of carbonyl (C=O) groups excluding carboxylic acids is 14. The van der Waals surface area contributed by atoms with Crippen molar-refractivity contribution in [2.45, 2.75) is 316 Å². The van der Waals surface area contributed by atoms with Gasteiger partial charge in [-0.15, -0.1) is 0 Å². The van der Waals surface area contributed by atoms with Gasteiger partial charge in [0.1, 0.15) is 182 Å². The Balaban J connectivity index is 1.69. The van der Waals surface area contributed by atoms with Gasteiger partial charge in [0.05, 0.1) is 26.4 Å². The van der Waals surface area contributed by atoms with Crippen molar-refractivity contribution in [1.29, 1.82) is 0 Å². The van der Waals surface area contributed by atoms with E-state index in [1.807, 2.05) is 0 Å². The predicted octanol–water partition coefficient (Wildman–Crippen LogP) is -15.2. The summed E-state index contributed by atoms with van der Waals surface area (Å²) >= 11 is 1.55. The molecule has 0 spiro atoms. The fourth-order valence-electron chi connectivity index (χ4n) is 13.7. The van der Waals surface area contributed by atoms with Crippen molar-refractivity contribution in [3.05, 3.63) is 0 Å². The average Bonchev–Trinajstić information content (AvgIpc) is 0.760. The topological polar surface area (TPSA) is 928 Å². The summed E-state index contributed by atoms with van der Waals surface area (Å²) in [4.78, 5) is 259. The quantitative estimate of drug-likeness (QED) is 0.0269. The van der Waals surface area contributed by atoms with Crippen molar-refractivity contribution >= 4 is 142 Å². The normalized spacial score (nSPS) is 27.6. The number of aliphatic carboxylic acids is 6. The Morgan fingerprint density at radius 1 is 0.309 bits per heavy atom. The maximum absolute atomic E-state index is 14.5. The van der Waals surface area contributed by atoms with Crippen molar-refractivity contribution in [2.75, 3.05) is 49.4 Å². The number of amides is 14. The number of aliphatic hydroxyl groups excluding tert-OH is 8. The number of aliphatic hydroxyl groups is 8. The van der Waals surface area contributed by atoms with Crippen molar-refractivity contribution in [3.8, 4) is 0 Å². The number of carboxylic acids is 6. The van der Waals surface area contributed by atoms with Gasteiger partial charge in [0, 0.05) is 63.5 Å². The van der Waals surface area contributed by atoms with Crippen molar-refractivity contribution in [3.63, 3.8) is 0 Å². The van der Waals surface area contributed by atoms with Gasteiger partial charge in [0.25, 0.3) is 0 Å². The first-order valence-electron chi connectivity index (χ1n) is 43.1. The van der Waals surface area contributed by atoms with Crippen LogP contribution in [-0.2, 0) is 139 Å². The van der Waals surface area contributed by atoms with E-state index in [1.54, 1.807) is 0 Å². The van der Waals surface area contributed by atoms with Crippen LogP contribution in [0.4, 0.5) is 0 Å². The lowest BCUT2D eigenvalue weighted by Gasteiger charge is -2.52. The number of rotatable bonds is 56. The van der Waals surface area contributed by atoms with Crippen molar-refractivity contribution in [2.24, 2.45) is 11.5 Å². The highest BCUT2D eigenvalue weighted by atomic mass is 32.2. The van der Waals surface area contributed by atoms with Gasteiger partial charge in [0.2, 0.25) is 82.7 Å². The Hall–Kier alpha value is -10.7. The van der Waals surface area contributed by atoms with Gasteiger partial charge in [-0.25, -0.2) is 9.59 Å². The molecular weight excluding hydrogens is 1910 g/mol. The van der Waals surface area contributed by atoms with E-state index in [4.69, 9.17) is 54.1 Å². The van der Waals surface area contributed by atoms with E-state index in [0.717, 1.165) is 92.8 Å². The maximum atomic E-state index is 14.5. The Kier molecular flexibility index (Phi) is 49.7. The van der Waals surface area contributed by atoms with Gasteiger partial charge in [-0.05, 0) is 68.2 Å². The molecule has 61 heteroatoms. The minimum atomic E-state index is -2.32. The molecule has 4 heterocycles. The predicted molar refractivity (Wildman–Crippen MR) is 465 cm³/mol. The fraction of sp³-hybridized carbons (Fsp3) is 0.744. The number of ether oxygens (including phenoxy) is 9. The zero-order valence-electron chi connectivity index (χ0n) is 77.2. The maximum Gasteiger partial charge on any atom is 0.326 e. The van der Waals surface area contributed by atoms with E-state index in [1.165, 1.54) is 13.8 Å². The molecule has 14 amide bonds. The summed E-state index contributed by atoms with van der Waals surface area (Å²) in [7, 11) is 0. The summed E-state index contributed by atoms with van der Waals surface area (Å²) in [5.41, 5.74) is 11.2. The lowest BCUT2D eigenvalue weighted by molar-refractivity contribution is -0.365. The average molecular weight is 2040 g/mol. The molecule has 4 saturated heterocycles. The molecule has 32 N–H and O–H groups in total. The first-order valence-corrected chi connectivity index (χ1v) is 45.4. The number of thioether (sulfide) groups is 2. The fourth-order valence-corrected chi connectivity index (χ4v) is 15.7. The van der Waals surface area contributed by atoms with E-state index < -0.39 is 384 Å². The highest BCUT2D eigenvalue weighted by Crippen LogP contribution is 2.37. The zero-order chi connectivity index (χ0) is 105. The third-order valence-electron chi connectivity index (χ3n) is 21.3. The molecule has 0 radical (unpaired) electrons. The van der Waals surface area contributed by atoms with Crippen LogP contribution < -0.4 is 85.9 Å². The van der Waals surface area contributed by atoms with Crippen LogP contribution in [0.1, 0.15) is 109 Å². The van der Waals surface area contributed by atoms with Gasteiger partial charge in [-0.1, -0.05) is 0 Å². The van der Waals surface area contributed by atoms with Crippen LogP contribution in [0.2, 0.25) is 0 Å². The third-order valence-corrected chi connectivity index (χ3v) is 23.7. The molecule has 4 fully saturated rings. The molecule has 4 aliphatic rings. The molecule has 59 nitrogen and oxygen atoms in total. The van der Waals surface area contributed by atoms with Gasteiger partial charge >= 0.3 is 35.8 Å². The summed E-state index contributed by atoms with van der Waals surface area (Å²) in [6.07, 6.45) is -39.5. The van der Waals surface area contributed by atoms with E-state index in [-0.39, 0.29) is 17.3 Å². The zero-order valence-corrected chi connectivity index (χ0v) is 78.8. The van der Waals surface area contributed by atoms with E-state index in [0.29, 0.717) is 0 Å². The molecule has 0 aromatic rings. The van der Waals surface area contributed by atoms with Crippen LogP contribution in [0, 0.1) is 0 Å². The van der Waals surface area contributed by atoms with Crippen LogP contribution in [0.15, 0.2) is 0 Å². The van der Waals surface area contributed by atoms with Crippen LogP contribution in [0.5, 0.6) is 0 Å². The number of nitrogens with one attached hydrogen (secondary N) is 14. The minimum Gasteiger partial charge on any atom is -0.480 e. The summed E-state index contributed by atoms with van der Waals surface area (Å²) in [6.45, 7) is 7.85. The minimum absolute atomic E-state index is 0.296. The Morgan fingerprint density at radius 2 is 0.604 bits per heavy atom. The number of hydrogen-bond donors (Lipinski definition) is 30. The highest BCUT2D eigenvalue weighted by Gasteiger charge is 2.58. The van der Waals surface area contributed by atoms with Crippen LogP contribution >= 0.6 is 23.5 Å². The van der Waals surface area contributed by atoms with E-state index >= 15 is 0 Å². The Bertz CT molecular complexity index is 4270. The molecule has 0 aromatic heterocycles. The van der Waals surface area contributed by atoms with Crippen LogP contribution in [0.3, 0.4) is 0 Å². The number of carbonyl (C=O) groups is 20. The molecule has 34 atom stereocenters. The van der Waals surface area contributed by atoms with E-state index in [2.05, 4.69) is 74.4 Å². The summed E-state index contributed by atoms with van der Waals surface area (Å²) in [5.74, 6) is -25.4. The molecule has 34 unspecified atom stereocenters. The second-order valence-corrected chi connectivity index (χ2v) is 34.9. The monoisotopic (exact) mass is 2040 g/mol. The van der Waals surface area contributed by atoms with Crippen molar-refractivity contribution < 1.29 is 210 Å². The van der Waals surface area contributed by atoms with Crippen molar-refractivity contribution in [1.82, 2.24) is 74.4 Å². The molecule has 4 aliphatic heterocycles. The summed E-state index contributed by atoms with van der Waals surface area (Å²) in [6, 6.07) is -26.7. The molecule has 139 heavy (non-hydrogen) atoms. The second kappa shape index (κ2) is 57.3. The summed E-state index contributed by atoms with van der Waals surface area (Å²) < 4.78 is 55.7. The molecule has 0 saturated carbocycles. The van der Waals surface area contributed by atoms with Crippen LogP contribution in [-0.4, -0.2) is 447 Å². The van der Waals surface area contributed by atoms with Gasteiger partial charge in [0.15, 0.2) is 25.2 Å². The molecule has 0 bridgehead atoms. The van der Waals surface area contributed by atoms with E-state index in [9.17, 15) is 167 Å². The third kappa shape index (κ3) is 37.4. The highest BCUT2D eigenvalue weighted by molar-refractivity contribution is 7.99. The molecule has 0 aromatic carbocycles. The lowest BCUT2D eigenvalue weighted by Crippen LogP contribution is -2.72. The molecule has 4 rings (SSSR count). The van der Waals surface area contributed by atoms with Crippen LogP contribution in [0.25, 0.3) is 0 Å². The van der Waals surface area contributed by atoms with Gasteiger partial charge in [-0.2, -0.15) is 23.5 Å². The molecule has 788 valence electrons. The molecular formula is C78H126N16O43S2. The standard InChI is InChI=1S/C78H126N16O43S2/c1-25(61(108)85-29(5)69(116)117)83-67(114)41(23-138-21-37(79)71(120)121)91-47(103)15-13-39(73(124)125)93-63(110)27(3)81-65(112)31(7)129-59-51(89-35(11)101)75(128)131-45(19-97)57(59)136-77-50(88-34(10)100)55(107)56(44(18-96)133-77)135-78-52(90-36(12)102)60(58(46(20-98)134-78)137-76-49(87-33(9)99)54(106)53(105)43(17-95)132-76)130-32(8)66(113)82-28(4)64(111)94-40(74(126)127)14-16-48(104)92-42(24-139-22-38(80)72(122)123)68(115)84-26(2)62(109)86-30(6)70(118)119/h25-32,37-46,49-60,75-78,95-98,105-107,128H,13-24,79-80H2,1-12H3,(H,81,112)(H,82,113)(H,83,114)(H,84,115)(H,85,108)(H,86,109)(H,87,99)(H,88,100)(H,89,101)(H,90,102)(H,91,103)(H,92,104)(H,93,110)(H,94,111)(H,116,117)(H,118,119)(H,120,121)(H,122,123)(H,124,125)(H,126,127). The molecule has 0 aliphatic carbocycles. The largest absolute Gasteiger partial charge is 0.480 e. The lowest BCUT2D eigenvalue weighted by atomic mass is 9.92. The number of carboxylic acid groups (broad SMARTS) is 6. The second-order valence-electron chi connectivity index (χ2n) is 32.7. The smallest absolute Gasteiger partial charge is 0.326 e. The number of nitrogens with two attached hydrogens (primary N) is 2. The Labute approximate surface area is 800 Å². The summed E-state index contributed by atoms with van der Waals surface area (Å²) in [5, 5.41) is 180. The Morgan fingerprint density at radius 3 is 0.950 bits per heavy atom. The van der Waals surface area contributed by atoms with Gasteiger partial charge < -0.3 is 200 Å². The number of hydrogen-bond acceptors (Lipinski definition) is 41. The van der Waals surface area contributed by atoms with Gasteiger partial charge in [-0.3, -0.25) is 86.3 Å². The first kappa shape index (κ1) is 121. The first-order chi connectivity index (χ1) is 64.9. The SMILES string of the molecule is CC(=O)NC1C(OC2C(CO)OC(OC3C(CO)OC(OC4C(CO)OC(O)C(NC(C)=O)C4OC(C)C(=O)NC(C)C(=O)NC(CCC(=O)NC(CSCC(N)C(=O)O)C(=O)NC(C)C(=O)NC(C)C(=O)O)C(=O)O)C(NC(C)=O)C3O)C(NC(C)=O)C2OC(C)C(=O)NC(C)C(=O)NC(CCC(=O)NC(CSCC(N)C(=O)O)C(=O)NC(C)C(=O)NC(C)C(=O)O)C(=O)O)OC(CO)C(O)C1O.